The van der Waals surface area contributed by atoms with E-state index in [0.717, 1.165) is 18.2 Å². The third-order valence-corrected chi connectivity index (χ3v) is 6.03. The Hall–Kier alpha value is -1.81. The average molecular weight is 384 g/mol. The first kappa shape index (κ1) is 18.5. The molecule has 0 aromatic heterocycles. The molecule has 0 spiro atoms. The molecule has 2 aromatic carbocycles. The normalized spacial score (nSPS) is 25.8. The number of fused-ring (bicyclic) bond motifs is 4. The van der Waals surface area contributed by atoms with Gasteiger partial charge in [-0.25, -0.2) is 0 Å². The molecular weight excluding hydrogens is 358 g/mol. The highest BCUT2D eigenvalue weighted by molar-refractivity contribution is 5.85. The number of piperidine rings is 3. The molecule has 1 unspecified atom stereocenters. The predicted molar refractivity (Wildman–Crippen MR) is 110 cm³/mol. The van der Waals surface area contributed by atoms with Gasteiger partial charge in [-0.1, -0.05) is 42.5 Å². The summed E-state index contributed by atoms with van der Waals surface area (Å²) in [6.07, 6.45) is 5.20. The fraction of sp³-hybridized carbons (Fsp3) is 0.391. The molecule has 1 atom stereocenters. The van der Waals surface area contributed by atoms with Gasteiger partial charge in [0, 0.05) is 12.1 Å². The summed E-state index contributed by atoms with van der Waals surface area (Å²) in [4.78, 5) is 2.54. The summed E-state index contributed by atoms with van der Waals surface area (Å²) in [6, 6.07) is 17.1. The lowest BCUT2D eigenvalue weighted by molar-refractivity contribution is -0.0765. The van der Waals surface area contributed by atoms with Crippen LogP contribution >= 0.6 is 12.4 Å². The molecule has 142 valence electrons. The van der Waals surface area contributed by atoms with Crippen LogP contribution in [0.3, 0.4) is 0 Å². The Morgan fingerprint density at radius 3 is 2.52 bits per heavy atom. The predicted octanol–water partition coefficient (Wildman–Crippen LogP) is 4.54. The molecule has 0 aliphatic carbocycles. The lowest BCUT2D eigenvalue weighted by atomic mass is 9.86. The maximum atomic E-state index is 6.27. The maximum absolute atomic E-state index is 6.27. The van der Waals surface area contributed by atoms with Gasteiger partial charge in [-0.3, -0.25) is 0 Å². The molecule has 3 saturated heterocycles. The van der Waals surface area contributed by atoms with Crippen molar-refractivity contribution in [2.45, 2.75) is 25.6 Å². The van der Waals surface area contributed by atoms with Crippen LogP contribution in [0.2, 0.25) is 0 Å². The minimum absolute atomic E-state index is 0. The Kier molecular flexibility index (Phi) is 5.53. The highest BCUT2D eigenvalue weighted by Crippen LogP contribution is 2.34. The zero-order chi connectivity index (χ0) is 17.3. The van der Waals surface area contributed by atoms with Gasteiger partial charge in [0.2, 0.25) is 0 Å². The van der Waals surface area contributed by atoms with E-state index in [1.54, 1.807) is 0 Å². The lowest BCUT2D eigenvalue weighted by Crippen LogP contribution is -2.51. The van der Waals surface area contributed by atoms with E-state index in [0.29, 0.717) is 19.3 Å². The van der Waals surface area contributed by atoms with Crippen LogP contribution in [0.25, 0.3) is 5.57 Å². The number of ether oxygens (including phenoxy) is 2. The number of nitrogens with zero attached hydrogens (tertiary/aromatic N) is 1. The highest BCUT2D eigenvalue weighted by Gasteiger charge is 2.34. The van der Waals surface area contributed by atoms with Crippen LogP contribution in [-0.2, 0) is 11.3 Å². The molecule has 4 heteroatoms. The first-order chi connectivity index (χ1) is 12.9. The van der Waals surface area contributed by atoms with E-state index in [1.807, 2.05) is 12.1 Å². The Labute approximate surface area is 167 Å². The van der Waals surface area contributed by atoms with Crippen LogP contribution in [-0.4, -0.2) is 37.2 Å². The van der Waals surface area contributed by atoms with Crippen molar-refractivity contribution in [3.63, 3.8) is 0 Å². The summed E-state index contributed by atoms with van der Waals surface area (Å²) in [5, 5.41) is 0. The van der Waals surface area contributed by atoms with Crippen molar-refractivity contribution in [3.8, 4) is 5.75 Å². The zero-order valence-electron chi connectivity index (χ0n) is 15.5. The molecule has 0 amide bonds. The van der Waals surface area contributed by atoms with Crippen molar-refractivity contribution in [1.29, 1.82) is 0 Å². The minimum Gasteiger partial charge on any atom is -0.489 e. The fourth-order valence-corrected chi connectivity index (χ4v) is 4.50. The first-order valence-electron chi connectivity index (χ1n) is 9.72. The van der Waals surface area contributed by atoms with Crippen molar-refractivity contribution >= 4 is 18.0 Å². The van der Waals surface area contributed by atoms with Gasteiger partial charge in [0.05, 0.1) is 12.7 Å². The van der Waals surface area contributed by atoms with E-state index in [2.05, 4.69) is 47.4 Å². The van der Waals surface area contributed by atoms with Crippen LogP contribution in [0, 0.1) is 5.92 Å². The average Bonchev–Trinajstić information content (AvgIpc) is 2.73. The van der Waals surface area contributed by atoms with Crippen LogP contribution in [0.4, 0.5) is 0 Å². The summed E-state index contributed by atoms with van der Waals surface area (Å²) < 4.78 is 12.0. The quantitative estimate of drug-likeness (QED) is 0.773. The van der Waals surface area contributed by atoms with E-state index >= 15 is 0 Å². The van der Waals surface area contributed by atoms with Crippen LogP contribution in [0.15, 0.2) is 54.6 Å². The fourth-order valence-electron chi connectivity index (χ4n) is 4.50. The van der Waals surface area contributed by atoms with Crippen molar-refractivity contribution in [2.75, 3.05) is 26.2 Å². The highest BCUT2D eigenvalue weighted by atomic mass is 35.5. The lowest BCUT2D eigenvalue weighted by Gasteiger charge is -2.44. The van der Waals surface area contributed by atoms with Gasteiger partial charge >= 0.3 is 0 Å². The molecule has 2 bridgehead atoms. The number of rotatable bonds is 4. The van der Waals surface area contributed by atoms with E-state index in [1.165, 1.54) is 48.2 Å². The van der Waals surface area contributed by atoms with Crippen LogP contribution in [0.5, 0.6) is 5.75 Å². The Morgan fingerprint density at radius 1 is 1.00 bits per heavy atom. The molecule has 2 aromatic rings. The smallest absolute Gasteiger partial charge is 0.127 e. The second-order valence-electron chi connectivity index (χ2n) is 7.61. The third kappa shape index (κ3) is 3.77. The summed E-state index contributed by atoms with van der Waals surface area (Å²) in [5.74, 6) is 1.74. The van der Waals surface area contributed by atoms with Crippen molar-refractivity contribution in [2.24, 2.45) is 5.92 Å². The molecule has 27 heavy (non-hydrogen) atoms. The molecule has 0 saturated carbocycles. The van der Waals surface area contributed by atoms with Gasteiger partial charge in [-0.2, -0.15) is 0 Å². The largest absolute Gasteiger partial charge is 0.489 e. The molecule has 3 fully saturated rings. The Morgan fingerprint density at radius 2 is 1.78 bits per heavy atom. The maximum Gasteiger partial charge on any atom is 0.127 e. The Balaban J connectivity index is 0.00000180. The van der Waals surface area contributed by atoms with Gasteiger partial charge < -0.3 is 14.4 Å². The monoisotopic (exact) mass is 383 g/mol. The van der Waals surface area contributed by atoms with Crippen molar-refractivity contribution in [1.82, 2.24) is 4.90 Å². The third-order valence-electron chi connectivity index (χ3n) is 6.03. The van der Waals surface area contributed by atoms with Crippen molar-refractivity contribution < 1.29 is 9.47 Å². The van der Waals surface area contributed by atoms with E-state index < -0.39 is 0 Å². The van der Waals surface area contributed by atoms with Gasteiger partial charge in [0.25, 0.3) is 0 Å². The molecule has 0 radical (unpaired) electrons. The minimum atomic E-state index is 0. The first-order valence-corrected chi connectivity index (χ1v) is 9.72. The second kappa shape index (κ2) is 8.05. The number of benzene rings is 2. The van der Waals surface area contributed by atoms with E-state index in [4.69, 9.17) is 9.47 Å². The van der Waals surface area contributed by atoms with Crippen molar-refractivity contribution in [3.05, 3.63) is 71.3 Å². The number of para-hydroxylation sites is 1. The zero-order valence-corrected chi connectivity index (χ0v) is 16.3. The summed E-state index contributed by atoms with van der Waals surface area (Å²) in [5.41, 5.74) is 4.94. The molecule has 3 nitrogen and oxygen atoms in total. The van der Waals surface area contributed by atoms with Gasteiger partial charge in [-0.15, -0.1) is 12.4 Å². The van der Waals surface area contributed by atoms with Crippen LogP contribution < -0.4 is 4.74 Å². The number of hydrogen-bond acceptors (Lipinski definition) is 3. The molecule has 4 heterocycles. The SMILES string of the molecule is C1=C(c2ccc(COC3CN4CCC3CC4)cc2)c2ccccc2OC1.Cl. The molecule has 0 N–H and O–H groups in total. The molecule has 4 aliphatic heterocycles. The van der Waals surface area contributed by atoms with E-state index in [9.17, 15) is 0 Å². The summed E-state index contributed by atoms with van der Waals surface area (Å²) in [7, 11) is 0. The molecular formula is C23H26ClNO2. The second-order valence-corrected chi connectivity index (χ2v) is 7.61. The summed E-state index contributed by atoms with van der Waals surface area (Å²) >= 11 is 0. The van der Waals surface area contributed by atoms with Crippen LogP contribution in [0.1, 0.15) is 29.5 Å². The number of halogens is 1. The van der Waals surface area contributed by atoms with Gasteiger partial charge in [-0.05, 0) is 60.7 Å². The van der Waals surface area contributed by atoms with E-state index in [-0.39, 0.29) is 12.4 Å². The van der Waals surface area contributed by atoms with Gasteiger partial charge in [0.1, 0.15) is 12.4 Å². The molecule has 4 aliphatic rings. The molecule has 6 rings (SSSR count). The number of hydrogen-bond donors (Lipinski definition) is 0. The standard InChI is InChI=1S/C23H25NO2.ClH/c1-2-4-22-21(3-1)20(11-14-25-22)18-7-5-17(6-8-18)16-26-23-15-24-12-9-19(23)10-13-24;/h1-8,11,19,23H,9-10,12-16H2;1H. The summed E-state index contributed by atoms with van der Waals surface area (Å²) in [6.45, 7) is 5.00. The Bertz CT molecular complexity index is 809. The van der Waals surface area contributed by atoms with Gasteiger partial charge in [0.15, 0.2) is 0 Å². The topological polar surface area (TPSA) is 21.7 Å².